The van der Waals surface area contributed by atoms with Crippen LogP contribution in [-0.4, -0.2) is 54.6 Å². The summed E-state index contributed by atoms with van der Waals surface area (Å²) in [7, 11) is 0. The Hall–Kier alpha value is -1.26. The molecule has 0 aliphatic carbocycles. The first-order valence-electron chi connectivity index (χ1n) is 7.66. The molecule has 1 saturated heterocycles. The first-order valence-corrected chi connectivity index (χ1v) is 7.66. The largest absolute Gasteiger partial charge is 0.449 e. The fraction of sp³-hybridized carbons (Fsp3) is 0.867. The first kappa shape index (κ1) is 16.8. The Morgan fingerprint density at radius 1 is 1.05 bits per heavy atom. The molecule has 20 heavy (non-hydrogen) atoms. The quantitative estimate of drug-likeness (QED) is 0.796. The van der Waals surface area contributed by atoms with Crippen LogP contribution in [0.2, 0.25) is 0 Å². The molecule has 116 valence electrons. The van der Waals surface area contributed by atoms with Gasteiger partial charge in [-0.15, -0.1) is 0 Å². The van der Waals surface area contributed by atoms with Gasteiger partial charge in [0.2, 0.25) is 5.91 Å². The van der Waals surface area contributed by atoms with Gasteiger partial charge in [0.15, 0.2) is 0 Å². The van der Waals surface area contributed by atoms with Crippen LogP contribution in [-0.2, 0) is 9.53 Å². The molecule has 0 spiro atoms. The monoisotopic (exact) mass is 284 g/mol. The van der Waals surface area contributed by atoms with Crippen molar-refractivity contribution in [1.29, 1.82) is 0 Å². The van der Waals surface area contributed by atoms with Gasteiger partial charge >= 0.3 is 6.09 Å². The minimum Gasteiger partial charge on any atom is -0.449 e. The molecule has 1 unspecified atom stereocenters. The molecule has 1 heterocycles. The van der Waals surface area contributed by atoms with E-state index in [1.54, 1.807) is 4.90 Å². The molecule has 1 fully saturated rings. The van der Waals surface area contributed by atoms with Gasteiger partial charge in [-0.2, -0.15) is 0 Å². The third-order valence-corrected chi connectivity index (χ3v) is 3.64. The minimum atomic E-state index is -0.253. The lowest BCUT2D eigenvalue weighted by atomic mass is 10.1. The van der Waals surface area contributed by atoms with E-state index in [0.29, 0.717) is 32.2 Å². The van der Waals surface area contributed by atoms with Crippen LogP contribution in [0.5, 0.6) is 0 Å². The van der Waals surface area contributed by atoms with E-state index >= 15 is 0 Å². The van der Waals surface area contributed by atoms with Gasteiger partial charge in [-0.1, -0.05) is 27.7 Å². The van der Waals surface area contributed by atoms with Crippen LogP contribution in [0, 0.1) is 11.8 Å². The van der Waals surface area contributed by atoms with Gasteiger partial charge in [-0.25, -0.2) is 4.79 Å². The lowest BCUT2D eigenvalue weighted by Crippen LogP contribution is -2.39. The number of ether oxygens (including phenoxy) is 1. The summed E-state index contributed by atoms with van der Waals surface area (Å²) in [5.74, 6) is 0.605. The molecule has 0 aromatic heterocycles. The highest BCUT2D eigenvalue weighted by atomic mass is 16.6. The van der Waals surface area contributed by atoms with Crippen molar-refractivity contribution in [1.82, 2.24) is 9.80 Å². The van der Waals surface area contributed by atoms with Crippen LogP contribution < -0.4 is 0 Å². The maximum atomic E-state index is 12.2. The maximum Gasteiger partial charge on any atom is 0.409 e. The second-order valence-electron chi connectivity index (χ2n) is 5.95. The number of hydrogen-bond acceptors (Lipinski definition) is 3. The topological polar surface area (TPSA) is 49.9 Å². The Kier molecular flexibility index (Phi) is 6.82. The van der Waals surface area contributed by atoms with E-state index in [4.69, 9.17) is 4.74 Å². The Morgan fingerprint density at radius 3 is 2.25 bits per heavy atom. The van der Waals surface area contributed by atoms with Gasteiger partial charge in [-0.05, 0) is 18.8 Å². The van der Waals surface area contributed by atoms with Crippen LogP contribution in [0.1, 0.15) is 40.5 Å². The molecule has 0 aromatic carbocycles. The van der Waals surface area contributed by atoms with Crippen molar-refractivity contribution < 1.29 is 14.3 Å². The normalized spacial score (nSPS) is 17.9. The summed E-state index contributed by atoms with van der Waals surface area (Å²) in [5.41, 5.74) is 0. The number of nitrogens with zero attached hydrogens (tertiary/aromatic N) is 2. The molecule has 0 bridgehead atoms. The summed E-state index contributed by atoms with van der Waals surface area (Å²) in [4.78, 5) is 27.7. The Morgan fingerprint density at radius 2 is 1.65 bits per heavy atom. The SMILES string of the molecule is CCC(C)C(=O)N1CCCN(C(=O)OCC(C)C)CC1. The van der Waals surface area contributed by atoms with E-state index in [1.807, 2.05) is 32.6 Å². The molecule has 0 N–H and O–H groups in total. The molecule has 0 saturated carbocycles. The molecular formula is C15H28N2O3. The van der Waals surface area contributed by atoms with Crippen molar-refractivity contribution in [2.45, 2.75) is 40.5 Å². The van der Waals surface area contributed by atoms with E-state index < -0.39 is 0 Å². The van der Waals surface area contributed by atoms with Gasteiger partial charge in [0.05, 0.1) is 6.61 Å². The molecule has 1 atom stereocenters. The number of hydrogen-bond donors (Lipinski definition) is 0. The Balaban J connectivity index is 2.46. The highest BCUT2D eigenvalue weighted by molar-refractivity contribution is 5.78. The molecule has 2 amide bonds. The summed E-state index contributed by atoms with van der Waals surface area (Å²) in [6.45, 7) is 11.0. The average molecular weight is 284 g/mol. The first-order chi connectivity index (χ1) is 9.45. The summed E-state index contributed by atoms with van der Waals surface area (Å²) < 4.78 is 5.25. The zero-order valence-corrected chi connectivity index (χ0v) is 13.2. The fourth-order valence-corrected chi connectivity index (χ4v) is 2.14. The third kappa shape index (κ3) is 5.02. The van der Waals surface area contributed by atoms with E-state index in [1.165, 1.54) is 0 Å². The zero-order valence-electron chi connectivity index (χ0n) is 13.2. The summed E-state index contributed by atoms with van der Waals surface area (Å²) in [6.07, 6.45) is 1.42. The summed E-state index contributed by atoms with van der Waals surface area (Å²) >= 11 is 0. The highest BCUT2D eigenvalue weighted by Gasteiger charge is 2.24. The molecule has 1 aliphatic heterocycles. The smallest absolute Gasteiger partial charge is 0.409 e. The van der Waals surface area contributed by atoms with Gasteiger partial charge in [-0.3, -0.25) is 4.79 Å². The maximum absolute atomic E-state index is 12.2. The molecule has 0 radical (unpaired) electrons. The van der Waals surface area contributed by atoms with E-state index in [0.717, 1.165) is 19.4 Å². The van der Waals surface area contributed by atoms with Crippen LogP contribution >= 0.6 is 0 Å². The molecular weight excluding hydrogens is 256 g/mol. The average Bonchev–Trinajstić information content (AvgIpc) is 2.68. The number of carbonyl (C=O) groups is 2. The third-order valence-electron chi connectivity index (χ3n) is 3.64. The lowest BCUT2D eigenvalue weighted by Gasteiger charge is -2.24. The van der Waals surface area contributed by atoms with Crippen molar-refractivity contribution in [3.05, 3.63) is 0 Å². The highest BCUT2D eigenvalue weighted by Crippen LogP contribution is 2.11. The molecule has 0 aromatic rings. The van der Waals surface area contributed by atoms with Crippen molar-refractivity contribution in [3.63, 3.8) is 0 Å². The van der Waals surface area contributed by atoms with Gasteiger partial charge < -0.3 is 14.5 Å². The second kappa shape index (κ2) is 8.12. The number of rotatable bonds is 4. The van der Waals surface area contributed by atoms with Gasteiger partial charge in [0.25, 0.3) is 0 Å². The van der Waals surface area contributed by atoms with Crippen molar-refractivity contribution in [2.75, 3.05) is 32.8 Å². The molecule has 5 nitrogen and oxygen atoms in total. The molecule has 1 aliphatic rings. The predicted octanol–water partition coefficient (Wildman–Crippen LogP) is 2.36. The number of carbonyl (C=O) groups excluding carboxylic acids is 2. The van der Waals surface area contributed by atoms with E-state index in [-0.39, 0.29) is 17.9 Å². The van der Waals surface area contributed by atoms with E-state index in [9.17, 15) is 9.59 Å². The van der Waals surface area contributed by atoms with Crippen LogP contribution in [0.15, 0.2) is 0 Å². The van der Waals surface area contributed by atoms with Crippen molar-refractivity contribution in [2.24, 2.45) is 11.8 Å². The summed E-state index contributed by atoms with van der Waals surface area (Å²) in [6, 6.07) is 0. The van der Waals surface area contributed by atoms with Gasteiger partial charge in [0, 0.05) is 32.1 Å². The van der Waals surface area contributed by atoms with E-state index in [2.05, 4.69) is 0 Å². The lowest BCUT2D eigenvalue weighted by molar-refractivity contribution is -0.134. The van der Waals surface area contributed by atoms with Gasteiger partial charge in [0.1, 0.15) is 0 Å². The Bertz CT molecular complexity index is 331. The molecule has 1 rings (SSSR count). The molecule has 5 heteroatoms. The zero-order chi connectivity index (χ0) is 15.1. The standard InChI is InChI=1S/C15H28N2O3/c1-5-13(4)14(18)16-7-6-8-17(10-9-16)15(19)20-11-12(2)3/h12-13H,5-11H2,1-4H3. The minimum absolute atomic E-state index is 0.0643. The summed E-state index contributed by atoms with van der Waals surface area (Å²) in [5, 5.41) is 0. The van der Waals surface area contributed by atoms with Crippen LogP contribution in [0.3, 0.4) is 0 Å². The van der Waals surface area contributed by atoms with Crippen molar-refractivity contribution >= 4 is 12.0 Å². The predicted molar refractivity (Wildman–Crippen MR) is 78.4 cm³/mol. The van der Waals surface area contributed by atoms with Crippen molar-refractivity contribution in [3.8, 4) is 0 Å². The van der Waals surface area contributed by atoms with Crippen LogP contribution in [0.25, 0.3) is 0 Å². The Labute approximate surface area is 122 Å². The number of amides is 2. The van der Waals surface area contributed by atoms with Crippen LogP contribution in [0.4, 0.5) is 4.79 Å². The second-order valence-corrected chi connectivity index (χ2v) is 5.95. The fourth-order valence-electron chi connectivity index (χ4n) is 2.14.